The summed E-state index contributed by atoms with van der Waals surface area (Å²) in [6.45, 7) is 1.42. The van der Waals surface area contributed by atoms with Gasteiger partial charge in [-0.1, -0.05) is 30.3 Å². The van der Waals surface area contributed by atoms with Crippen molar-refractivity contribution in [2.45, 2.75) is 19.3 Å². The van der Waals surface area contributed by atoms with E-state index in [4.69, 9.17) is 19.9 Å². The second-order valence-electron chi connectivity index (χ2n) is 5.55. The zero-order chi connectivity index (χ0) is 16.9. The number of carbonyl (C=O) groups excluding carboxylic acids is 1. The molecule has 0 bridgehead atoms. The number of esters is 1. The van der Waals surface area contributed by atoms with Crippen LogP contribution in [0.25, 0.3) is 0 Å². The maximum Gasteiger partial charge on any atom is 0.339 e. The molecule has 1 aliphatic heterocycles. The van der Waals surface area contributed by atoms with E-state index in [2.05, 4.69) is 15.9 Å². The van der Waals surface area contributed by atoms with E-state index in [1.165, 1.54) is 0 Å². The predicted molar refractivity (Wildman–Crippen MR) is 92.8 cm³/mol. The summed E-state index contributed by atoms with van der Waals surface area (Å²) >= 11 is 3.44. The van der Waals surface area contributed by atoms with E-state index < -0.39 is 0 Å². The average Bonchev–Trinajstić information content (AvgIpc) is 2.96. The van der Waals surface area contributed by atoms with Gasteiger partial charge in [-0.3, -0.25) is 0 Å². The molecule has 0 saturated carbocycles. The third-order valence-corrected chi connectivity index (χ3v) is 4.29. The predicted octanol–water partition coefficient (Wildman–Crippen LogP) is 3.04. The summed E-state index contributed by atoms with van der Waals surface area (Å²) < 4.78 is 17.2. The first-order valence-corrected chi connectivity index (χ1v) is 8.43. The highest BCUT2D eigenvalue weighted by atomic mass is 79.9. The number of ether oxygens (including phenoxy) is 3. The third kappa shape index (κ3) is 3.95. The molecule has 1 unspecified atom stereocenters. The maximum absolute atomic E-state index is 11.6. The molecule has 0 saturated heterocycles. The molecule has 2 N–H and O–H groups in total. The third-order valence-electron chi connectivity index (χ3n) is 3.67. The monoisotopic (exact) mass is 391 g/mol. The highest BCUT2D eigenvalue weighted by molar-refractivity contribution is 9.10. The molecule has 3 rings (SSSR count). The molecule has 126 valence electrons. The molecule has 1 aliphatic rings. The van der Waals surface area contributed by atoms with Crippen LogP contribution in [0.2, 0.25) is 0 Å². The molecule has 0 aromatic heterocycles. The zero-order valence-electron chi connectivity index (χ0n) is 13.0. The van der Waals surface area contributed by atoms with Crippen LogP contribution < -0.4 is 10.5 Å². The minimum atomic E-state index is -0.321. The van der Waals surface area contributed by atoms with Crippen LogP contribution in [0, 0.1) is 0 Å². The van der Waals surface area contributed by atoms with Gasteiger partial charge in [0.15, 0.2) is 0 Å². The Morgan fingerprint density at radius 2 is 1.96 bits per heavy atom. The van der Waals surface area contributed by atoms with Crippen LogP contribution in [0.1, 0.15) is 21.5 Å². The summed E-state index contributed by atoms with van der Waals surface area (Å²) in [6.07, 6.45) is 0. The lowest BCUT2D eigenvalue weighted by Crippen LogP contribution is -2.33. The number of halogens is 1. The standard InChI is InChI=1S/C18H18BrNO4/c19-16-7-6-14-15(11-24-18(14)21)17(16)23-10-13(20)9-22-8-12-4-2-1-3-5-12/h1-7,13H,8-11,20H2. The molecule has 5 nitrogen and oxygen atoms in total. The van der Waals surface area contributed by atoms with E-state index in [-0.39, 0.29) is 25.2 Å². The SMILES string of the molecule is NC(COCc1ccccc1)COc1c(Br)ccc2c1COC2=O. The van der Waals surface area contributed by atoms with Crippen molar-refractivity contribution in [3.05, 3.63) is 63.6 Å². The van der Waals surface area contributed by atoms with E-state index >= 15 is 0 Å². The normalized spacial score (nSPS) is 14.2. The number of nitrogens with two attached hydrogens (primary N) is 1. The van der Waals surface area contributed by atoms with Crippen molar-refractivity contribution in [2.75, 3.05) is 13.2 Å². The Morgan fingerprint density at radius 1 is 1.17 bits per heavy atom. The number of cyclic esters (lactones) is 1. The number of fused-ring (bicyclic) bond motifs is 1. The first-order valence-electron chi connectivity index (χ1n) is 7.63. The highest BCUT2D eigenvalue weighted by Gasteiger charge is 2.26. The van der Waals surface area contributed by atoms with Gasteiger partial charge in [0.2, 0.25) is 0 Å². The van der Waals surface area contributed by atoms with Gasteiger partial charge in [0, 0.05) is 5.56 Å². The van der Waals surface area contributed by atoms with Crippen molar-refractivity contribution in [1.82, 2.24) is 0 Å². The van der Waals surface area contributed by atoms with Gasteiger partial charge in [-0.25, -0.2) is 4.79 Å². The number of carbonyl (C=O) groups is 1. The van der Waals surface area contributed by atoms with Crippen molar-refractivity contribution in [1.29, 1.82) is 0 Å². The van der Waals surface area contributed by atoms with Crippen molar-refractivity contribution in [3.8, 4) is 5.75 Å². The fourth-order valence-electron chi connectivity index (χ4n) is 2.45. The van der Waals surface area contributed by atoms with Crippen molar-refractivity contribution in [3.63, 3.8) is 0 Å². The Hall–Kier alpha value is -1.89. The maximum atomic E-state index is 11.6. The number of benzene rings is 2. The largest absolute Gasteiger partial charge is 0.490 e. The highest BCUT2D eigenvalue weighted by Crippen LogP contribution is 2.35. The lowest BCUT2D eigenvalue weighted by Gasteiger charge is -2.16. The van der Waals surface area contributed by atoms with Gasteiger partial charge in [-0.2, -0.15) is 0 Å². The fourth-order valence-corrected chi connectivity index (χ4v) is 2.93. The summed E-state index contributed by atoms with van der Waals surface area (Å²) in [7, 11) is 0. The lowest BCUT2D eigenvalue weighted by molar-refractivity contribution is 0.0533. The molecule has 2 aromatic rings. The molecule has 1 heterocycles. The molecule has 0 spiro atoms. The van der Waals surface area contributed by atoms with Gasteiger partial charge >= 0.3 is 5.97 Å². The molecule has 0 amide bonds. The summed E-state index contributed by atoms with van der Waals surface area (Å²) in [6, 6.07) is 13.1. The van der Waals surface area contributed by atoms with E-state index in [1.54, 1.807) is 12.1 Å². The second kappa shape index (κ2) is 7.79. The number of hydrogen-bond donors (Lipinski definition) is 1. The molecule has 0 radical (unpaired) electrons. The summed E-state index contributed by atoms with van der Waals surface area (Å²) in [5, 5.41) is 0. The van der Waals surface area contributed by atoms with Gasteiger partial charge in [0.25, 0.3) is 0 Å². The van der Waals surface area contributed by atoms with E-state index in [1.807, 2.05) is 30.3 Å². The van der Waals surface area contributed by atoms with Crippen LogP contribution in [0.15, 0.2) is 46.9 Å². The Kier molecular flexibility index (Phi) is 5.50. The minimum absolute atomic E-state index is 0.225. The molecular weight excluding hydrogens is 374 g/mol. The zero-order valence-corrected chi connectivity index (χ0v) is 14.6. The van der Waals surface area contributed by atoms with E-state index in [0.717, 1.165) is 15.6 Å². The summed E-state index contributed by atoms with van der Waals surface area (Å²) in [4.78, 5) is 11.6. The van der Waals surface area contributed by atoms with E-state index in [0.29, 0.717) is 24.5 Å². The van der Waals surface area contributed by atoms with Crippen LogP contribution in [0.4, 0.5) is 0 Å². The van der Waals surface area contributed by atoms with Crippen LogP contribution in [-0.2, 0) is 22.7 Å². The Morgan fingerprint density at radius 3 is 2.75 bits per heavy atom. The molecule has 0 fully saturated rings. The van der Waals surface area contributed by atoms with Gasteiger partial charge < -0.3 is 19.9 Å². The van der Waals surface area contributed by atoms with Crippen LogP contribution in [-0.4, -0.2) is 25.2 Å². The Labute approximate surface area is 148 Å². The molecule has 1 atom stereocenters. The van der Waals surface area contributed by atoms with Crippen molar-refractivity contribution in [2.24, 2.45) is 5.73 Å². The summed E-state index contributed by atoms with van der Waals surface area (Å²) in [5.74, 6) is 0.287. The van der Waals surface area contributed by atoms with Crippen molar-refractivity contribution < 1.29 is 19.0 Å². The summed E-state index contributed by atoms with van der Waals surface area (Å²) in [5.41, 5.74) is 8.45. The van der Waals surface area contributed by atoms with E-state index in [9.17, 15) is 4.79 Å². The first-order chi connectivity index (χ1) is 11.6. The first kappa shape index (κ1) is 17.0. The Balaban J connectivity index is 1.52. The average molecular weight is 392 g/mol. The quantitative estimate of drug-likeness (QED) is 0.734. The fraction of sp³-hybridized carbons (Fsp3) is 0.278. The van der Waals surface area contributed by atoms with Gasteiger partial charge in [0.05, 0.1) is 29.3 Å². The topological polar surface area (TPSA) is 70.8 Å². The van der Waals surface area contributed by atoms with Crippen LogP contribution in [0.5, 0.6) is 5.75 Å². The molecule has 0 aliphatic carbocycles. The van der Waals surface area contributed by atoms with Crippen LogP contribution >= 0.6 is 15.9 Å². The molecule has 2 aromatic carbocycles. The number of rotatable bonds is 7. The number of hydrogen-bond acceptors (Lipinski definition) is 5. The van der Waals surface area contributed by atoms with Gasteiger partial charge in [-0.15, -0.1) is 0 Å². The smallest absolute Gasteiger partial charge is 0.339 e. The second-order valence-corrected chi connectivity index (χ2v) is 6.40. The molecule has 24 heavy (non-hydrogen) atoms. The van der Waals surface area contributed by atoms with Crippen molar-refractivity contribution >= 4 is 21.9 Å². The van der Waals surface area contributed by atoms with Gasteiger partial charge in [-0.05, 0) is 33.6 Å². The Bertz CT molecular complexity index is 720. The van der Waals surface area contributed by atoms with Gasteiger partial charge in [0.1, 0.15) is 19.0 Å². The molecule has 6 heteroatoms. The molecular formula is C18H18BrNO4. The lowest BCUT2D eigenvalue weighted by atomic mass is 10.1. The minimum Gasteiger partial charge on any atom is -0.490 e. The van der Waals surface area contributed by atoms with Crippen LogP contribution in [0.3, 0.4) is 0 Å².